The first-order chi connectivity index (χ1) is 13.7. The van der Waals surface area contributed by atoms with Crippen LogP contribution in [0.5, 0.6) is 0 Å². The van der Waals surface area contributed by atoms with E-state index < -0.39 is 5.91 Å². The number of halogens is 2. The Morgan fingerprint density at radius 3 is 2.24 bits per heavy atom. The molecule has 0 spiro atoms. The zero-order valence-electron chi connectivity index (χ0n) is 16.5. The SMILES string of the molecule is Cc1ccc(NC(=O)CNC(=O)CN(C(=O)c2ccc(Cl)cc2Cl)C(C)C)cc1. The minimum absolute atomic E-state index is 0.200. The fourth-order valence-electron chi connectivity index (χ4n) is 2.54. The number of hydrogen-bond acceptors (Lipinski definition) is 3. The quantitative estimate of drug-likeness (QED) is 0.691. The maximum atomic E-state index is 12.8. The first kappa shape index (κ1) is 22.7. The van der Waals surface area contributed by atoms with Crippen LogP contribution in [-0.2, 0) is 9.59 Å². The molecule has 2 aromatic carbocycles. The van der Waals surface area contributed by atoms with Gasteiger partial charge in [0.2, 0.25) is 11.8 Å². The highest BCUT2D eigenvalue weighted by Crippen LogP contribution is 2.23. The minimum atomic E-state index is -0.448. The van der Waals surface area contributed by atoms with Gasteiger partial charge in [-0.05, 0) is 51.1 Å². The average molecular weight is 436 g/mol. The van der Waals surface area contributed by atoms with Crippen LogP contribution in [0.2, 0.25) is 10.0 Å². The lowest BCUT2D eigenvalue weighted by molar-refractivity contribution is -0.124. The smallest absolute Gasteiger partial charge is 0.256 e. The molecule has 0 atom stereocenters. The third kappa shape index (κ3) is 6.76. The molecule has 0 aliphatic heterocycles. The van der Waals surface area contributed by atoms with Crippen LogP contribution in [0, 0.1) is 6.92 Å². The third-order valence-electron chi connectivity index (χ3n) is 4.14. The molecule has 0 aromatic heterocycles. The molecule has 6 nitrogen and oxygen atoms in total. The van der Waals surface area contributed by atoms with E-state index in [9.17, 15) is 14.4 Å². The Morgan fingerprint density at radius 2 is 1.66 bits per heavy atom. The van der Waals surface area contributed by atoms with Gasteiger partial charge in [-0.25, -0.2) is 0 Å². The van der Waals surface area contributed by atoms with E-state index in [1.807, 2.05) is 19.1 Å². The Kier molecular flexibility index (Phi) is 8.05. The molecule has 0 radical (unpaired) electrons. The first-order valence-corrected chi connectivity index (χ1v) is 9.82. The van der Waals surface area contributed by atoms with Gasteiger partial charge >= 0.3 is 0 Å². The fraction of sp³-hybridized carbons (Fsp3) is 0.286. The normalized spacial score (nSPS) is 10.6. The van der Waals surface area contributed by atoms with E-state index in [1.165, 1.54) is 17.0 Å². The van der Waals surface area contributed by atoms with Crippen molar-refractivity contribution in [1.82, 2.24) is 10.2 Å². The fourth-order valence-corrected chi connectivity index (χ4v) is 3.03. The molecule has 0 unspecified atom stereocenters. The van der Waals surface area contributed by atoms with Gasteiger partial charge in [0.1, 0.15) is 6.54 Å². The van der Waals surface area contributed by atoms with Gasteiger partial charge in [-0.3, -0.25) is 14.4 Å². The highest BCUT2D eigenvalue weighted by molar-refractivity contribution is 6.36. The Labute approximate surface area is 180 Å². The van der Waals surface area contributed by atoms with Crippen LogP contribution in [0.25, 0.3) is 0 Å². The van der Waals surface area contributed by atoms with E-state index in [-0.39, 0.29) is 41.5 Å². The van der Waals surface area contributed by atoms with Gasteiger partial charge in [0.05, 0.1) is 17.1 Å². The predicted octanol–water partition coefficient (Wildman–Crippen LogP) is 3.91. The summed E-state index contributed by atoms with van der Waals surface area (Å²) in [6.07, 6.45) is 0. The molecule has 0 aliphatic carbocycles. The van der Waals surface area contributed by atoms with Crippen LogP contribution in [-0.4, -0.2) is 41.8 Å². The molecular weight excluding hydrogens is 413 g/mol. The number of benzene rings is 2. The van der Waals surface area contributed by atoms with Crippen LogP contribution in [0.4, 0.5) is 5.69 Å². The monoisotopic (exact) mass is 435 g/mol. The van der Waals surface area contributed by atoms with Crippen LogP contribution in [0.15, 0.2) is 42.5 Å². The van der Waals surface area contributed by atoms with E-state index >= 15 is 0 Å². The molecule has 0 heterocycles. The molecule has 3 amide bonds. The Bertz CT molecular complexity index is 899. The summed E-state index contributed by atoms with van der Waals surface area (Å²) in [5, 5.41) is 5.86. The standard InChI is InChI=1S/C21H23Cl2N3O3/c1-13(2)26(21(29)17-9-6-15(22)10-18(17)23)12-20(28)24-11-19(27)25-16-7-4-14(3)5-8-16/h4-10,13H,11-12H2,1-3H3,(H,24,28)(H,25,27). The lowest BCUT2D eigenvalue weighted by atomic mass is 10.1. The van der Waals surface area contributed by atoms with E-state index in [2.05, 4.69) is 10.6 Å². The Morgan fingerprint density at radius 1 is 1.00 bits per heavy atom. The van der Waals surface area contributed by atoms with Crippen LogP contribution in [0.1, 0.15) is 29.8 Å². The van der Waals surface area contributed by atoms with Crippen molar-refractivity contribution < 1.29 is 14.4 Å². The zero-order valence-corrected chi connectivity index (χ0v) is 18.0. The number of aryl methyl sites for hydroxylation is 1. The maximum Gasteiger partial charge on any atom is 0.256 e. The summed E-state index contributed by atoms with van der Waals surface area (Å²) < 4.78 is 0. The van der Waals surface area contributed by atoms with Gasteiger partial charge < -0.3 is 15.5 Å². The van der Waals surface area contributed by atoms with Crippen LogP contribution >= 0.6 is 23.2 Å². The largest absolute Gasteiger partial charge is 0.345 e. The molecule has 2 N–H and O–H groups in total. The molecule has 2 rings (SSSR count). The highest BCUT2D eigenvalue weighted by atomic mass is 35.5. The summed E-state index contributed by atoms with van der Waals surface area (Å²) in [6.45, 7) is 5.13. The predicted molar refractivity (Wildman–Crippen MR) is 115 cm³/mol. The molecule has 29 heavy (non-hydrogen) atoms. The number of nitrogens with zero attached hydrogens (tertiary/aromatic N) is 1. The first-order valence-electron chi connectivity index (χ1n) is 9.06. The van der Waals surface area contributed by atoms with Crippen molar-refractivity contribution in [3.05, 3.63) is 63.6 Å². The van der Waals surface area contributed by atoms with Gasteiger partial charge in [0.15, 0.2) is 0 Å². The summed E-state index contributed by atoms with van der Waals surface area (Å²) in [5.41, 5.74) is 1.98. The van der Waals surface area contributed by atoms with Crippen molar-refractivity contribution in [2.75, 3.05) is 18.4 Å². The number of anilines is 1. The van der Waals surface area contributed by atoms with E-state index in [0.29, 0.717) is 10.7 Å². The van der Waals surface area contributed by atoms with Crippen molar-refractivity contribution in [1.29, 1.82) is 0 Å². The van der Waals surface area contributed by atoms with E-state index in [4.69, 9.17) is 23.2 Å². The van der Waals surface area contributed by atoms with Gasteiger partial charge in [0.25, 0.3) is 5.91 Å². The topological polar surface area (TPSA) is 78.5 Å². The summed E-state index contributed by atoms with van der Waals surface area (Å²) in [7, 11) is 0. The molecule has 0 aliphatic rings. The molecule has 0 saturated heterocycles. The molecule has 0 bridgehead atoms. The zero-order chi connectivity index (χ0) is 21.6. The van der Waals surface area contributed by atoms with Gasteiger partial charge in [-0.1, -0.05) is 40.9 Å². The number of nitrogens with one attached hydrogen (secondary N) is 2. The van der Waals surface area contributed by atoms with Crippen molar-refractivity contribution >= 4 is 46.6 Å². The summed E-state index contributed by atoms with van der Waals surface area (Å²) in [5.74, 6) is -1.19. The van der Waals surface area contributed by atoms with Crippen molar-refractivity contribution in [3.63, 3.8) is 0 Å². The number of carbonyl (C=O) groups excluding carboxylic acids is 3. The summed E-state index contributed by atoms with van der Waals surface area (Å²) in [4.78, 5) is 38.5. The molecular formula is C21H23Cl2N3O3. The number of hydrogen-bond donors (Lipinski definition) is 2. The Hall–Kier alpha value is -2.57. The second-order valence-electron chi connectivity index (χ2n) is 6.84. The summed E-state index contributed by atoms with van der Waals surface area (Å²) >= 11 is 12.0. The van der Waals surface area contributed by atoms with Gasteiger partial charge in [-0.15, -0.1) is 0 Å². The van der Waals surface area contributed by atoms with Crippen molar-refractivity contribution in [2.45, 2.75) is 26.8 Å². The van der Waals surface area contributed by atoms with E-state index in [1.54, 1.807) is 32.0 Å². The maximum absolute atomic E-state index is 12.8. The van der Waals surface area contributed by atoms with E-state index in [0.717, 1.165) is 5.56 Å². The van der Waals surface area contributed by atoms with Crippen molar-refractivity contribution in [3.8, 4) is 0 Å². The lowest BCUT2D eigenvalue weighted by Crippen LogP contribution is -2.45. The molecule has 2 aromatic rings. The number of carbonyl (C=O) groups is 3. The number of amides is 3. The number of rotatable bonds is 7. The second kappa shape index (κ2) is 10.3. The summed E-state index contributed by atoms with van der Waals surface area (Å²) in [6, 6.07) is 11.6. The third-order valence-corrected chi connectivity index (χ3v) is 4.69. The molecule has 8 heteroatoms. The minimum Gasteiger partial charge on any atom is -0.345 e. The van der Waals surface area contributed by atoms with Crippen molar-refractivity contribution in [2.24, 2.45) is 0 Å². The molecule has 154 valence electrons. The lowest BCUT2D eigenvalue weighted by Gasteiger charge is -2.26. The van der Waals surface area contributed by atoms with Gasteiger partial charge in [0, 0.05) is 16.8 Å². The Balaban J connectivity index is 1.94. The highest BCUT2D eigenvalue weighted by Gasteiger charge is 2.23. The molecule has 0 saturated carbocycles. The average Bonchev–Trinajstić information content (AvgIpc) is 2.65. The van der Waals surface area contributed by atoms with Crippen LogP contribution in [0.3, 0.4) is 0 Å². The van der Waals surface area contributed by atoms with Crippen LogP contribution < -0.4 is 10.6 Å². The second-order valence-corrected chi connectivity index (χ2v) is 7.69. The molecule has 0 fully saturated rings. The van der Waals surface area contributed by atoms with Gasteiger partial charge in [-0.2, -0.15) is 0 Å².